The van der Waals surface area contributed by atoms with Crippen molar-refractivity contribution in [3.8, 4) is 0 Å². The fraction of sp³-hybridized carbons (Fsp3) is 0.500. The van der Waals surface area contributed by atoms with E-state index < -0.39 is 5.60 Å². The summed E-state index contributed by atoms with van der Waals surface area (Å²) in [5.74, 6) is 0.224. The van der Waals surface area contributed by atoms with Crippen LogP contribution in [0.4, 0.5) is 0 Å². The molecule has 2 atom stereocenters. The molecule has 0 unspecified atom stereocenters. The van der Waals surface area contributed by atoms with E-state index in [1.807, 2.05) is 44.2 Å². The van der Waals surface area contributed by atoms with E-state index in [0.717, 1.165) is 5.56 Å². The fourth-order valence-electron chi connectivity index (χ4n) is 1.82. The molecule has 0 radical (unpaired) electrons. The normalized spacial score (nSPS) is 31.6. The van der Waals surface area contributed by atoms with Gasteiger partial charge < -0.3 is 9.84 Å². The summed E-state index contributed by atoms with van der Waals surface area (Å²) in [6.45, 7) is 4.50. The Hall–Kier alpha value is -0.860. The fourth-order valence-corrected chi connectivity index (χ4v) is 1.82. The molecule has 1 saturated heterocycles. The summed E-state index contributed by atoms with van der Waals surface area (Å²) in [5, 5.41) is 10.3. The van der Waals surface area contributed by atoms with Gasteiger partial charge in [-0.05, 0) is 11.5 Å². The first kappa shape index (κ1) is 9.69. The Bertz CT molecular complexity index is 307. The molecule has 1 aliphatic rings. The van der Waals surface area contributed by atoms with Crippen LogP contribution in [0.2, 0.25) is 0 Å². The number of hydrogen-bond donors (Lipinski definition) is 1. The lowest BCUT2D eigenvalue weighted by molar-refractivity contribution is -0.261. The molecule has 2 rings (SSSR count). The first-order valence-corrected chi connectivity index (χ1v) is 5.03. The highest BCUT2D eigenvalue weighted by atomic mass is 16.6. The molecule has 76 valence electrons. The highest BCUT2D eigenvalue weighted by Gasteiger charge is 2.49. The Morgan fingerprint density at radius 3 is 2.43 bits per heavy atom. The van der Waals surface area contributed by atoms with Gasteiger partial charge in [0.15, 0.2) is 0 Å². The van der Waals surface area contributed by atoms with E-state index in [2.05, 4.69) is 0 Å². The molecule has 1 aromatic carbocycles. The van der Waals surface area contributed by atoms with Gasteiger partial charge in [0, 0.05) is 0 Å². The summed E-state index contributed by atoms with van der Waals surface area (Å²) in [5.41, 5.74) is 0.386. The van der Waals surface area contributed by atoms with Crippen LogP contribution in [-0.2, 0) is 4.74 Å². The summed E-state index contributed by atoms with van der Waals surface area (Å²) < 4.78 is 5.44. The predicted octanol–water partition coefficient (Wildman–Crippen LogP) is 2.15. The van der Waals surface area contributed by atoms with E-state index in [9.17, 15) is 5.11 Å². The van der Waals surface area contributed by atoms with Crippen molar-refractivity contribution in [3.05, 3.63) is 35.9 Å². The third-order valence-corrected chi connectivity index (χ3v) is 3.04. The minimum absolute atomic E-state index is 0.149. The molecule has 0 saturated carbocycles. The van der Waals surface area contributed by atoms with Gasteiger partial charge in [-0.25, -0.2) is 0 Å². The Kier molecular flexibility index (Phi) is 2.33. The highest BCUT2D eigenvalue weighted by molar-refractivity contribution is 5.23. The van der Waals surface area contributed by atoms with E-state index in [1.54, 1.807) is 0 Å². The SMILES string of the molecule is CC(C)[C@]1(O)CO[C@H]1c1ccccc1. The van der Waals surface area contributed by atoms with E-state index in [1.165, 1.54) is 0 Å². The summed E-state index contributed by atoms with van der Waals surface area (Å²) >= 11 is 0. The lowest BCUT2D eigenvalue weighted by Crippen LogP contribution is -2.55. The van der Waals surface area contributed by atoms with E-state index in [0.29, 0.717) is 6.61 Å². The van der Waals surface area contributed by atoms with Crippen molar-refractivity contribution in [2.75, 3.05) is 6.61 Å². The molecule has 1 N–H and O–H groups in total. The van der Waals surface area contributed by atoms with Crippen LogP contribution in [0.1, 0.15) is 25.5 Å². The van der Waals surface area contributed by atoms with Crippen LogP contribution in [0, 0.1) is 5.92 Å². The van der Waals surface area contributed by atoms with Crippen LogP contribution in [0.15, 0.2) is 30.3 Å². The van der Waals surface area contributed by atoms with Crippen molar-refractivity contribution in [1.29, 1.82) is 0 Å². The summed E-state index contributed by atoms with van der Waals surface area (Å²) in [7, 11) is 0. The lowest BCUT2D eigenvalue weighted by Gasteiger charge is -2.48. The lowest BCUT2D eigenvalue weighted by atomic mass is 9.78. The zero-order valence-corrected chi connectivity index (χ0v) is 8.60. The Balaban J connectivity index is 2.22. The molecule has 0 amide bonds. The Morgan fingerprint density at radius 2 is 2.00 bits per heavy atom. The van der Waals surface area contributed by atoms with E-state index >= 15 is 0 Å². The van der Waals surface area contributed by atoms with Crippen molar-refractivity contribution in [2.24, 2.45) is 5.92 Å². The van der Waals surface area contributed by atoms with E-state index in [-0.39, 0.29) is 12.0 Å². The topological polar surface area (TPSA) is 29.5 Å². The van der Waals surface area contributed by atoms with Crippen LogP contribution < -0.4 is 0 Å². The van der Waals surface area contributed by atoms with Crippen molar-refractivity contribution >= 4 is 0 Å². The monoisotopic (exact) mass is 192 g/mol. The third-order valence-electron chi connectivity index (χ3n) is 3.04. The molecule has 2 nitrogen and oxygen atoms in total. The van der Waals surface area contributed by atoms with Gasteiger partial charge in [-0.2, -0.15) is 0 Å². The molecule has 0 aliphatic carbocycles. The second-order valence-corrected chi connectivity index (χ2v) is 4.25. The zero-order valence-electron chi connectivity index (χ0n) is 8.60. The van der Waals surface area contributed by atoms with Crippen molar-refractivity contribution in [2.45, 2.75) is 25.6 Å². The second kappa shape index (κ2) is 3.37. The summed E-state index contributed by atoms with van der Waals surface area (Å²) in [6, 6.07) is 9.90. The van der Waals surface area contributed by atoms with Crippen LogP contribution >= 0.6 is 0 Å². The smallest absolute Gasteiger partial charge is 0.120 e. The Morgan fingerprint density at radius 1 is 1.36 bits per heavy atom. The molecule has 0 bridgehead atoms. The molecule has 14 heavy (non-hydrogen) atoms. The molecule has 2 heteroatoms. The summed E-state index contributed by atoms with van der Waals surface area (Å²) in [4.78, 5) is 0. The van der Waals surface area contributed by atoms with Crippen molar-refractivity contribution in [3.63, 3.8) is 0 Å². The summed E-state index contributed by atoms with van der Waals surface area (Å²) in [6.07, 6.45) is -0.149. The molecule has 0 spiro atoms. The van der Waals surface area contributed by atoms with Gasteiger partial charge in [0.25, 0.3) is 0 Å². The van der Waals surface area contributed by atoms with Crippen LogP contribution in [0.25, 0.3) is 0 Å². The molecule has 0 aromatic heterocycles. The van der Waals surface area contributed by atoms with Crippen LogP contribution in [-0.4, -0.2) is 17.3 Å². The first-order valence-electron chi connectivity index (χ1n) is 5.03. The molecule has 1 heterocycles. The number of aliphatic hydroxyl groups is 1. The molecule has 1 fully saturated rings. The van der Waals surface area contributed by atoms with Crippen LogP contribution in [0.3, 0.4) is 0 Å². The Labute approximate surface area is 84.5 Å². The van der Waals surface area contributed by atoms with Gasteiger partial charge in [0.2, 0.25) is 0 Å². The average molecular weight is 192 g/mol. The zero-order chi connectivity index (χ0) is 10.2. The van der Waals surface area contributed by atoms with Gasteiger partial charge in [0.1, 0.15) is 11.7 Å². The maximum Gasteiger partial charge on any atom is 0.120 e. The van der Waals surface area contributed by atoms with Crippen molar-refractivity contribution < 1.29 is 9.84 Å². The molecule has 1 aromatic rings. The number of benzene rings is 1. The minimum Gasteiger partial charge on any atom is -0.384 e. The number of ether oxygens (including phenoxy) is 1. The predicted molar refractivity (Wildman–Crippen MR) is 54.9 cm³/mol. The third kappa shape index (κ3) is 1.35. The van der Waals surface area contributed by atoms with Gasteiger partial charge in [-0.3, -0.25) is 0 Å². The van der Waals surface area contributed by atoms with Gasteiger partial charge in [0.05, 0.1) is 6.61 Å². The van der Waals surface area contributed by atoms with Crippen molar-refractivity contribution in [1.82, 2.24) is 0 Å². The van der Waals surface area contributed by atoms with Gasteiger partial charge in [-0.1, -0.05) is 44.2 Å². The quantitative estimate of drug-likeness (QED) is 0.778. The van der Waals surface area contributed by atoms with E-state index in [4.69, 9.17) is 4.74 Å². The second-order valence-electron chi connectivity index (χ2n) is 4.25. The average Bonchev–Trinajstić information content (AvgIpc) is 2.16. The standard InChI is InChI=1S/C12H16O2/c1-9(2)12(13)8-14-11(12)10-6-4-3-5-7-10/h3-7,9,11,13H,8H2,1-2H3/t11-,12+/m0/s1. The highest BCUT2D eigenvalue weighted by Crippen LogP contribution is 2.43. The molecular formula is C12H16O2. The van der Waals surface area contributed by atoms with Crippen LogP contribution in [0.5, 0.6) is 0 Å². The maximum absolute atomic E-state index is 10.3. The largest absolute Gasteiger partial charge is 0.384 e. The van der Waals surface area contributed by atoms with Gasteiger partial charge >= 0.3 is 0 Å². The molecule has 1 aliphatic heterocycles. The first-order chi connectivity index (χ1) is 6.64. The van der Waals surface area contributed by atoms with Gasteiger partial charge in [-0.15, -0.1) is 0 Å². The maximum atomic E-state index is 10.3. The minimum atomic E-state index is -0.679. The number of hydrogen-bond acceptors (Lipinski definition) is 2. The number of rotatable bonds is 2. The molecular weight excluding hydrogens is 176 g/mol.